The lowest BCUT2D eigenvalue weighted by Crippen LogP contribution is -2.34. The van der Waals surface area contributed by atoms with E-state index >= 15 is 0 Å². The van der Waals surface area contributed by atoms with Crippen LogP contribution in [-0.4, -0.2) is 17.7 Å². The van der Waals surface area contributed by atoms with E-state index < -0.39 is 0 Å². The number of nitrogens with one attached hydrogen (secondary N) is 1. The zero-order valence-corrected chi connectivity index (χ0v) is 16.7. The van der Waals surface area contributed by atoms with Crippen LogP contribution in [0.3, 0.4) is 0 Å². The third-order valence-electron chi connectivity index (χ3n) is 4.41. The van der Waals surface area contributed by atoms with Crippen molar-refractivity contribution in [2.24, 2.45) is 0 Å². The van der Waals surface area contributed by atoms with Crippen LogP contribution in [0.2, 0.25) is 0 Å². The Bertz CT molecular complexity index is 961. The molecule has 5 nitrogen and oxygen atoms in total. The summed E-state index contributed by atoms with van der Waals surface area (Å²) in [5, 5.41) is 2.97. The SMILES string of the molecule is O=C(Nc1ccc(Br)cc1)N(Cc1ccccc1)Cc1ccc2c(c1)OCO2. The lowest BCUT2D eigenvalue weighted by atomic mass is 10.1. The molecule has 0 fully saturated rings. The number of benzene rings is 3. The molecule has 0 atom stereocenters. The molecule has 1 aliphatic rings. The standard InChI is InChI=1S/C22H19BrN2O3/c23-18-7-9-19(10-8-18)24-22(26)25(13-16-4-2-1-3-5-16)14-17-6-11-20-21(12-17)28-15-27-20/h1-12H,13-15H2,(H,24,26). The second-order valence-corrected chi connectivity index (χ2v) is 7.38. The van der Waals surface area contributed by atoms with Gasteiger partial charge in [0.1, 0.15) is 0 Å². The quantitative estimate of drug-likeness (QED) is 0.578. The Kier molecular flexibility index (Phi) is 5.48. The van der Waals surface area contributed by atoms with Crippen molar-refractivity contribution in [3.05, 3.63) is 88.4 Å². The van der Waals surface area contributed by atoms with Crippen molar-refractivity contribution in [1.29, 1.82) is 0 Å². The maximum atomic E-state index is 13.0. The minimum absolute atomic E-state index is 0.163. The fourth-order valence-corrected chi connectivity index (χ4v) is 3.26. The summed E-state index contributed by atoms with van der Waals surface area (Å²) in [6, 6.07) is 23.1. The highest BCUT2D eigenvalue weighted by molar-refractivity contribution is 9.10. The molecule has 3 aromatic carbocycles. The Morgan fingerprint density at radius 1 is 0.893 bits per heavy atom. The van der Waals surface area contributed by atoms with E-state index in [2.05, 4.69) is 21.2 Å². The highest BCUT2D eigenvalue weighted by Crippen LogP contribution is 2.33. The summed E-state index contributed by atoms with van der Waals surface area (Å²) < 4.78 is 11.8. The topological polar surface area (TPSA) is 50.8 Å². The molecule has 4 rings (SSSR count). The average Bonchev–Trinajstić information content (AvgIpc) is 3.18. The van der Waals surface area contributed by atoms with Crippen LogP contribution in [0.5, 0.6) is 11.5 Å². The molecular weight excluding hydrogens is 420 g/mol. The van der Waals surface area contributed by atoms with Crippen molar-refractivity contribution < 1.29 is 14.3 Å². The summed E-state index contributed by atoms with van der Waals surface area (Å²) in [6.45, 7) is 1.18. The third-order valence-corrected chi connectivity index (χ3v) is 4.94. The lowest BCUT2D eigenvalue weighted by molar-refractivity contribution is 0.174. The first-order valence-electron chi connectivity index (χ1n) is 8.91. The summed E-state index contributed by atoms with van der Waals surface area (Å²) in [5.74, 6) is 1.45. The molecule has 0 saturated carbocycles. The fourth-order valence-electron chi connectivity index (χ4n) is 3.00. The molecule has 0 radical (unpaired) electrons. The molecular formula is C22H19BrN2O3. The number of hydrogen-bond acceptors (Lipinski definition) is 3. The van der Waals surface area contributed by atoms with E-state index in [0.29, 0.717) is 18.8 Å². The van der Waals surface area contributed by atoms with E-state index in [1.54, 1.807) is 4.90 Å². The van der Waals surface area contributed by atoms with Crippen LogP contribution in [0.15, 0.2) is 77.3 Å². The van der Waals surface area contributed by atoms with Crippen LogP contribution < -0.4 is 14.8 Å². The van der Waals surface area contributed by atoms with E-state index in [1.165, 1.54) is 0 Å². The summed E-state index contributed by atoms with van der Waals surface area (Å²) in [6.07, 6.45) is 0. The summed E-state index contributed by atoms with van der Waals surface area (Å²) >= 11 is 3.41. The van der Waals surface area contributed by atoms with Crippen LogP contribution >= 0.6 is 15.9 Å². The van der Waals surface area contributed by atoms with Crippen molar-refractivity contribution >= 4 is 27.6 Å². The zero-order valence-electron chi connectivity index (χ0n) is 15.1. The first-order valence-corrected chi connectivity index (χ1v) is 9.70. The van der Waals surface area contributed by atoms with Gasteiger partial charge in [-0.15, -0.1) is 0 Å². The van der Waals surface area contributed by atoms with Gasteiger partial charge in [-0.25, -0.2) is 4.79 Å². The van der Waals surface area contributed by atoms with E-state index in [9.17, 15) is 4.79 Å². The Hall–Kier alpha value is -2.99. The molecule has 0 spiro atoms. The number of urea groups is 1. The molecule has 0 bridgehead atoms. The molecule has 28 heavy (non-hydrogen) atoms. The molecule has 2 amide bonds. The van der Waals surface area contributed by atoms with E-state index in [0.717, 1.165) is 27.0 Å². The van der Waals surface area contributed by atoms with Gasteiger partial charge in [0.05, 0.1) is 0 Å². The molecule has 0 aliphatic carbocycles. The van der Waals surface area contributed by atoms with Gasteiger partial charge in [-0.05, 0) is 47.5 Å². The first kappa shape index (κ1) is 18.4. The van der Waals surface area contributed by atoms with Crippen LogP contribution in [0.25, 0.3) is 0 Å². The molecule has 142 valence electrons. The number of carbonyl (C=O) groups excluding carboxylic acids is 1. The van der Waals surface area contributed by atoms with Crippen molar-refractivity contribution in [3.63, 3.8) is 0 Å². The lowest BCUT2D eigenvalue weighted by Gasteiger charge is -2.23. The second kappa shape index (κ2) is 8.35. The maximum Gasteiger partial charge on any atom is 0.322 e. The van der Waals surface area contributed by atoms with Crippen molar-refractivity contribution in [3.8, 4) is 11.5 Å². The molecule has 0 saturated heterocycles. The van der Waals surface area contributed by atoms with Gasteiger partial charge in [-0.1, -0.05) is 52.3 Å². The van der Waals surface area contributed by atoms with Gasteiger partial charge in [-0.2, -0.15) is 0 Å². The molecule has 0 unspecified atom stereocenters. The number of hydrogen-bond donors (Lipinski definition) is 1. The monoisotopic (exact) mass is 438 g/mol. The Morgan fingerprint density at radius 2 is 1.61 bits per heavy atom. The number of ether oxygens (including phenoxy) is 2. The van der Waals surface area contributed by atoms with Gasteiger partial charge < -0.3 is 19.7 Å². The van der Waals surface area contributed by atoms with Crippen LogP contribution in [0.1, 0.15) is 11.1 Å². The molecule has 6 heteroatoms. The van der Waals surface area contributed by atoms with Crippen LogP contribution in [0, 0.1) is 0 Å². The number of halogens is 1. The summed E-state index contributed by atoms with van der Waals surface area (Å²) in [5.41, 5.74) is 2.79. The van der Waals surface area contributed by atoms with Crippen molar-refractivity contribution in [1.82, 2.24) is 4.90 Å². The molecule has 1 N–H and O–H groups in total. The fraction of sp³-hybridized carbons (Fsp3) is 0.136. The van der Waals surface area contributed by atoms with Gasteiger partial charge in [-0.3, -0.25) is 0 Å². The van der Waals surface area contributed by atoms with Gasteiger partial charge in [0.25, 0.3) is 0 Å². The Labute approximate surface area is 172 Å². The van der Waals surface area contributed by atoms with E-state index in [1.807, 2.05) is 72.8 Å². The highest BCUT2D eigenvalue weighted by atomic mass is 79.9. The summed E-state index contributed by atoms with van der Waals surface area (Å²) in [4.78, 5) is 14.8. The smallest absolute Gasteiger partial charge is 0.322 e. The molecule has 1 heterocycles. The molecule has 3 aromatic rings. The van der Waals surface area contributed by atoms with Crippen LogP contribution in [-0.2, 0) is 13.1 Å². The van der Waals surface area contributed by atoms with Crippen molar-refractivity contribution in [2.45, 2.75) is 13.1 Å². The Balaban J connectivity index is 1.54. The Morgan fingerprint density at radius 3 is 2.39 bits per heavy atom. The number of anilines is 1. The minimum atomic E-state index is -0.163. The van der Waals surface area contributed by atoms with Gasteiger partial charge in [0.15, 0.2) is 11.5 Å². The number of fused-ring (bicyclic) bond motifs is 1. The van der Waals surface area contributed by atoms with Gasteiger partial charge in [0.2, 0.25) is 6.79 Å². The summed E-state index contributed by atoms with van der Waals surface area (Å²) in [7, 11) is 0. The second-order valence-electron chi connectivity index (χ2n) is 6.47. The van der Waals surface area contributed by atoms with E-state index in [4.69, 9.17) is 9.47 Å². The molecule has 0 aromatic heterocycles. The third kappa shape index (κ3) is 4.46. The maximum absolute atomic E-state index is 13.0. The predicted octanol–water partition coefficient (Wildman–Crippen LogP) is 5.41. The normalized spacial score (nSPS) is 11.9. The average molecular weight is 439 g/mol. The number of amides is 2. The predicted molar refractivity (Wildman–Crippen MR) is 111 cm³/mol. The van der Waals surface area contributed by atoms with E-state index in [-0.39, 0.29) is 12.8 Å². The van der Waals surface area contributed by atoms with Crippen LogP contribution in [0.4, 0.5) is 10.5 Å². The largest absolute Gasteiger partial charge is 0.454 e. The molecule has 1 aliphatic heterocycles. The highest BCUT2D eigenvalue weighted by Gasteiger charge is 2.18. The number of carbonyl (C=O) groups is 1. The number of nitrogens with zero attached hydrogens (tertiary/aromatic N) is 1. The zero-order chi connectivity index (χ0) is 19.3. The first-order chi connectivity index (χ1) is 13.7. The van der Waals surface area contributed by atoms with Crippen molar-refractivity contribution in [2.75, 3.05) is 12.1 Å². The van der Waals surface area contributed by atoms with Gasteiger partial charge in [0, 0.05) is 23.2 Å². The minimum Gasteiger partial charge on any atom is -0.454 e. The number of rotatable bonds is 5. The van der Waals surface area contributed by atoms with Gasteiger partial charge >= 0.3 is 6.03 Å².